The highest BCUT2D eigenvalue weighted by atomic mass is 35.5. The molecule has 0 aliphatic carbocycles. The normalized spacial score (nSPS) is 10.4. The predicted octanol–water partition coefficient (Wildman–Crippen LogP) is 3.98. The SMILES string of the molecule is Cc1cc(NCc2ccc(F)c(Cl)c2)ccc1N. The molecule has 0 atom stereocenters. The Morgan fingerprint density at radius 1 is 1.22 bits per heavy atom. The van der Waals surface area contributed by atoms with Gasteiger partial charge >= 0.3 is 0 Å². The molecule has 2 rings (SSSR count). The van der Waals surface area contributed by atoms with Gasteiger partial charge in [0, 0.05) is 17.9 Å². The van der Waals surface area contributed by atoms with Gasteiger partial charge in [-0.25, -0.2) is 4.39 Å². The molecule has 0 fully saturated rings. The maximum absolute atomic E-state index is 13.0. The Balaban J connectivity index is 2.06. The molecule has 3 N–H and O–H groups in total. The zero-order valence-corrected chi connectivity index (χ0v) is 10.8. The number of rotatable bonds is 3. The van der Waals surface area contributed by atoms with Crippen molar-refractivity contribution in [3.8, 4) is 0 Å². The van der Waals surface area contributed by atoms with Crippen LogP contribution < -0.4 is 11.1 Å². The first-order valence-corrected chi connectivity index (χ1v) is 5.98. The number of nitrogens with one attached hydrogen (secondary N) is 1. The Morgan fingerprint density at radius 2 is 2.00 bits per heavy atom. The Labute approximate surface area is 111 Å². The van der Waals surface area contributed by atoms with E-state index < -0.39 is 5.82 Å². The minimum absolute atomic E-state index is 0.141. The lowest BCUT2D eigenvalue weighted by Gasteiger charge is -2.09. The number of nitrogens with two attached hydrogens (primary N) is 1. The van der Waals surface area contributed by atoms with Crippen LogP contribution in [0.2, 0.25) is 5.02 Å². The summed E-state index contributed by atoms with van der Waals surface area (Å²) in [5.74, 6) is -0.399. The van der Waals surface area contributed by atoms with Gasteiger partial charge in [-0.15, -0.1) is 0 Å². The van der Waals surface area contributed by atoms with Crippen molar-refractivity contribution >= 4 is 23.0 Å². The van der Waals surface area contributed by atoms with E-state index in [0.29, 0.717) is 6.54 Å². The number of hydrogen-bond acceptors (Lipinski definition) is 2. The molecule has 94 valence electrons. The molecule has 0 radical (unpaired) electrons. The Hall–Kier alpha value is -1.74. The Bertz CT molecular complexity index is 518. The van der Waals surface area contributed by atoms with E-state index in [-0.39, 0.29) is 5.02 Å². The quantitative estimate of drug-likeness (QED) is 0.823. The smallest absolute Gasteiger partial charge is 0.141 e. The second-order valence-electron chi connectivity index (χ2n) is 4.17. The second-order valence-corrected chi connectivity index (χ2v) is 4.58. The minimum Gasteiger partial charge on any atom is -0.399 e. The molecule has 2 aromatic rings. The van der Waals surface area contributed by atoms with E-state index in [9.17, 15) is 4.39 Å². The van der Waals surface area contributed by atoms with Crippen molar-refractivity contribution in [1.82, 2.24) is 0 Å². The highest BCUT2D eigenvalue weighted by Gasteiger charge is 2.01. The summed E-state index contributed by atoms with van der Waals surface area (Å²) in [5.41, 5.74) is 9.44. The van der Waals surface area contributed by atoms with E-state index in [1.807, 2.05) is 25.1 Å². The van der Waals surface area contributed by atoms with Gasteiger partial charge < -0.3 is 11.1 Å². The fourth-order valence-corrected chi connectivity index (χ4v) is 1.84. The average Bonchev–Trinajstić information content (AvgIpc) is 2.35. The molecule has 0 spiro atoms. The molecule has 18 heavy (non-hydrogen) atoms. The summed E-state index contributed by atoms with van der Waals surface area (Å²) in [4.78, 5) is 0. The van der Waals surface area contributed by atoms with E-state index in [0.717, 1.165) is 22.5 Å². The summed E-state index contributed by atoms with van der Waals surface area (Å²) < 4.78 is 13.0. The molecule has 0 heterocycles. The topological polar surface area (TPSA) is 38.0 Å². The maximum atomic E-state index is 13.0. The van der Waals surface area contributed by atoms with Crippen LogP contribution >= 0.6 is 11.6 Å². The summed E-state index contributed by atoms with van der Waals surface area (Å²) in [5, 5.41) is 3.38. The Morgan fingerprint density at radius 3 is 2.67 bits per heavy atom. The van der Waals surface area contributed by atoms with Crippen LogP contribution in [-0.2, 0) is 6.54 Å². The molecule has 0 aromatic heterocycles. The highest BCUT2D eigenvalue weighted by Crippen LogP contribution is 2.19. The first kappa shape index (κ1) is 12.7. The van der Waals surface area contributed by atoms with Gasteiger partial charge in [0.15, 0.2) is 0 Å². The van der Waals surface area contributed by atoms with Crippen LogP contribution in [0.1, 0.15) is 11.1 Å². The van der Waals surface area contributed by atoms with E-state index in [2.05, 4.69) is 5.32 Å². The monoisotopic (exact) mass is 264 g/mol. The molecule has 0 saturated carbocycles. The van der Waals surface area contributed by atoms with E-state index >= 15 is 0 Å². The van der Waals surface area contributed by atoms with Crippen LogP contribution in [0.4, 0.5) is 15.8 Å². The zero-order valence-electron chi connectivity index (χ0n) is 10.0. The maximum Gasteiger partial charge on any atom is 0.141 e. The molecule has 0 aliphatic rings. The Kier molecular flexibility index (Phi) is 3.72. The second kappa shape index (κ2) is 5.27. The number of benzene rings is 2. The molecular weight excluding hydrogens is 251 g/mol. The molecule has 2 nitrogen and oxygen atoms in total. The molecule has 2 aromatic carbocycles. The number of hydrogen-bond donors (Lipinski definition) is 2. The van der Waals surface area contributed by atoms with E-state index in [4.69, 9.17) is 17.3 Å². The number of aryl methyl sites for hydroxylation is 1. The molecule has 0 saturated heterocycles. The predicted molar refractivity (Wildman–Crippen MR) is 74.3 cm³/mol. The van der Waals surface area contributed by atoms with Gasteiger partial charge in [-0.05, 0) is 48.4 Å². The lowest BCUT2D eigenvalue weighted by atomic mass is 10.1. The largest absolute Gasteiger partial charge is 0.399 e. The van der Waals surface area contributed by atoms with Crippen molar-refractivity contribution in [3.63, 3.8) is 0 Å². The molecule has 0 aliphatic heterocycles. The fourth-order valence-electron chi connectivity index (χ4n) is 1.64. The summed E-state index contributed by atoms with van der Waals surface area (Å²) in [6.07, 6.45) is 0. The first-order chi connectivity index (χ1) is 8.56. The fraction of sp³-hybridized carbons (Fsp3) is 0.143. The van der Waals surface area contributed by atoms with Crippen molar-refractivity contribution in [1.29, 1.82) is 0 Å². The lowest BCUT2D eigenvalue weighted by Crippen LogP contribution is -2.00. The summed E-state index contributed by atoms with van der Waals surface area (Å²) in [6.45, 7) is 2.54. The molecule has 0 amide bonds. The standard InChI is InChI=1S/C14H14ClFN2/c1-9-6-11(3-5-14(9)17)18-8-10-2-4-13(16)12(15)7-10/h2-7,18H,8,17H2,1H3. The number of halogens is 2. The average molecular weight is 265 g/mol. The van der Waals surface area contributed by atoms with Crippen LogP contribution in [0.25, 0.3) is 0 Å². The van der Waals surface area contributed by atoms with Crippen molar-refractivity contribution in [2.75, 3.05) is 11.1 Å². The van der Waals surface area contributed by atoms with Gasteiger partial charge in [-0.1, -0.05) is 17.7 Å². The van der Waals surface area contributed by atoms with E-state index in [1.54, 1.807) is 12.1 Å². The van der Waals surface area contributed by atoms with Crippen LogP contribution in [0.5, 0.6) is 0 Å². The third-order valence-corrected chi connectivity index (χ3v) is 3.04. The van der Waals surface area contributed by atoms with Crippen molar-refractivity contribution in [3.05, 3.63) is 58.4 Å². The van der Waals surface area contributed by atoms with Crippen LogP contribution in [0, 0.1) is 12.7 Å². The molecular formula is C14H14ClFN2. The van der Waals surface area contributed by atoms with Gasteiger partial charge in [0.25, 0.3) is 0 Å². The van der Waals surface area contributed by atoms with Gasteiger partial charge in [-0.3, -0.25) is 0 Å². The lowest BCUT2D eigenvalue weighted by molar-refractivity contribution is 0.627. The van der Waals surface area contributed by atoms with Crippen LogP contribution in [0.3, 0.4) is 0 Å². The van der Waals surface area contributed by atoms with Crippen molar-refractivity contribution in [2.45, 2.75) is 13.5 Å². The first-order valence-electron chi connectivity index (χ1n) is 5.60. The number of nitrogen functional groups attached to an aromatic ring is 1. The summed E-state index contributed by atoms with van der Waals surface area (Å²) >= 11 is 5.72. The van der Waals surface area contributed by atoms with Crippen molar-refractivity contribution in [2.24, 2.45) is 0 Å². The third-order valence-electron chi connectivity index (χ3n) is 2.75. The van der Waals surface area contributed by atoms with Crippen LogP contribution in [0.15, 0.2) is 36.4 Å². The van der Waals surface area contributed by atoms with Crippen LogP contribution in [-0.4, -0.2) is 0 Å². The van der Waals surface area contributed by atoms with Gasteiger partial charge in [0.05, 0.1) is 5.02 Å². The summed E-state index contributed by atoms with van der Waals surface area (Å²) in [7, 11) is 0. The van der Waals surface area contributed by atoms with Crippen molar-refractivity contribution < 1.29 is 4.39 Å². The van der Waals surface area contributed by atoms with Gasteiger partial charge in [0.2, 0.25) is 0 Å². The highest BCUT2D eigenvalue weighted by molar-refractivity contribution is 6.30. The van der Waals surface area contributed by atoms with Gasteiger partial charge in [-0.2, -0.15) is 0 Å². The zero-order chi connectivity index (χ0) is 13.1. The van der Waals surface area contributed by atoms with Gasteiger partial charge in [0.1, 0.15) is 5.82 Å². The molecule has 0 unspecified atom stereocenters. The third kappa shape index (κ3) is 2.93. The molecule has 0 bridgehead atoms. The number of anilines is 2. The minimum atomic E-state index is -0.399. The van der Waals surface area contributed by atoms with E-state index in [1.165, 1.54) is 6.07 Å². The summed E-state index contributed by atoms with van der Waals surface area (Å²) in [6, 6.07) is 10.4. The molecule has 4 heteroatoms.